The highest BCUT2D eigenvalue weighted by Crippen LogP contribution is 2.31. The predicted octanol–water partition coefficient (Wildman–Crippen LogP) is 2.98. The third-order valence-corrected chi connectivity index (χ3v) is 3.60. The lowest BCUT2D eigenvalue weighted by Gasteiger charge is -1.94. The van der Waals surface area contributed by atoms with Crippen LogP contribution in [0.25, 0.3) is 10.1 Å². The summed E-state index contributed by atoms with van der Waals surface area (Å²) >= 11 is 1.53. The molecule has 0 spiro atoms. The van der Waals surface area contributed by atoms with Crippen LogP contribution >= 0.6 is 11.3 Å². The van der Waals surface area contributed by atoms with E-state index in [0.29, 0.717) is 0 Å². The van der Waals surface area contributed by atoms with Crippen molar-refractivity contribution in [1.82, 2.24) is 0 Å². The molecule has 0 saturated heterocycles. The van der Waals surface area contributed by atoms with Crippen molar-refractivity contribution >= 4 is 35.1 Å². The molecule has 0 unspecified atom stereocenters. The highest BCUT2D eigenvalue weighted by atomic mass is 32.1. The maximum Gasteiger partial charge on any atom is 0.164 e. The van der Waals surface area contributed by atoms with Gasteiger partial charge >= 0.3 is 0 Å². The molecule has 0 saturated carbocycles. The number of hydrogen-bond acceptors (Lipinski definition) is 2. The summed E-state index contributed by atoms with van der Waals surface area (Å²) in [5, 5.41) is 1.16. The maximum atomic E-state index is 11.5. The second-order valence-electron chi connectivity index (χ2n) is 3.18. The van der Waals surface area contributed by atoms with Crippen molar-refractivity contribution in [3.63, 3.8) is 0 Å². The molecule has 0 aliphatic heterocycles. The number of carbonyl (C=O) groups is 1. The van der Waals surface area contributed by atoms with Gasteiger partial charge < -0.3 is 0 Å². The van der Waals surface area contributed by atoms with Crippen LogP contribution in [0.1, 0.15) is 15.2 Å². The molecule has 0 N–H and O–H groups in total. The van der Waals surface area contributed by atoms with Crippen LogP contribution in [0.3, 0.4) is 0 Å². The Kier molecular flexibility index (Phi) is 2.42. The average molecular weight is 200 g/mol. The summed E-state index contributed by atoms with van der Waals surface area (Å²) in [6.07, 6.45) is 0.0909. The van der Waals surface area contributed by atoms with Crippen molar-refractivity contribution < 1.29 is 4.79 Å². The highest BCUT2D eigenvalue weighted by Gasteiger charge is 2.12. The van der Waals surface area contributed by atoms with Crippen molar-refractivity contribution in [2.75, 3.05) is 0 Å². The van der Waals surface area contributed by atoms with E-state index < -0.39 is 0 Å². The van der Waals surface area contributed by atoms with Gasteiger partial charge in [-0.1, -0.05) is 18.2 Å². The number of thiophene rings is 1. The second-order valence-corrected chi connectivity index (χ2v) is 4.23. The minimum Gasteiger partial charge on any atom is -0.294 e. The van der Waals surface area contributed by atoms with Gasteiger partial charge in [0.1, 0.15) is 0 Å². The molecule has 2 aromatic rings. The average Bonchev–Trinajstić information content (AvgIpc) is 2.56. The zero-order chi connectivity index (χ0) is 10.1. The summed E-state index contributed by atoms with van der Waals surface area (Å²) < 4.78 is 1.15. The van der Waals surface area contributed by atoms with Crippen LogP contribution in [-0.2, 0) is 0 Å². The van der Waals surface area contributed by atoms with Crippen molar-refractivity contribution in [2.24, 2.45) is 0 Å². The Bertz CT molecular complexity index is 487. The topological polar surface area (TPSA) is 17.1 Å². The first-order valence-corrected chi connectivity index (χ1v) is 5.27. The lowest BCUT2D eigenvalue weighted by Crippen LogP contribution is -1.95. The summed E-state index contributed by atoms with van der Waals surface area (Å²) in [5.74, 6) is 0.0312. The summed E-state index contributed by atoms with van der Waals surface area (Å²) in [6.45, 7) is 1.97. The molecule has 14 heavy (non-hydrogen) atoms. The smallest absolute Gasteiger partial charge is 0.164 e. The summed E-state index contributed by atoms with van der Waals surface area (Å²) in [7, 11) is 5.35. The standard InChI is InChI=1S/C11H9BOS/c1-7-8-4-2-3-5-10(8)14-11(7)9(13)6-12/h2-5H,6H2,1H3. The fourth-order valence-electron chi connectivity index (χ4n) is 1.53. The van der Waals surface area contributed by atoms with Crippen molar-refractivity contribution in [3.8, 4) is 0 Å². The first-order chi connectivity index (χ1) is 6.74. The largest absolute Gasteiger partial charge is 0.294 e. The lowest BCUT2D eigenvalue weighted by atomic mass is 9.98. The van der Waals surface area contributed by atoms with E-state index in [1.165, 1.54) is 11.3 Å². The van der Waals surface area contributed by atoms with E-state index >= 15 is 0 Å². The van der Waals surface area contributed by atoms with Crippen LogP contribution < -0.4 is 0 Å². The van der Waals surface area contributed by atoms with E-state index in [0.717, 1.165) is 20.5 Å². The van der Waals surface area contributed by atoms with Crippen LogP contribution in [0.4, 0.5) is 0 Å². The van der Waals surface area contributed by atoms with E-state index in [4.69, 9.17) is 7.85 Å². The van der Waals surface area contributed by atoms with Gasteiger partial charge in [-0.3, -0.25) is 4.79 Å². The number of ketones is 1. The Morgan fingerprint density at radius 3 is 2.79 bits per heavy atom. The molecule has 1 heterocycles. The quantitative estimate of drug-likeness (QED) is 0.538. The number of aryl methyl sites for hydroxylation is 1. The maximum absolute atomic E-state index is 11.5. The fourth-order valence-corrected chi connectivity index (χ4v) is 2.69. The number of hydrogen-bond donors (Lipinski definition) is 0. The molecule has 1 aromatic carbocycles. The number of rotatable bonds is 2. The minimum atomic E-state index is 0.0312. The van der Waals surface area contributed by atoms with Gasteiger partial charge in [-0.05, 0) is 30.3 Å². The number of carbonyl (C=O) groups excluding carboxylic acids is 1. The molecular weight excluding hydrogens is 191 g/mol. The molecule has 2 radical (unpaired) electrons. The van der Waals surface area contributed by atoms with E-state index in [-0.39, 0.29) is 12.1 Å². The Hall–Kier alpha value is -1.09. The van der Waals surface area contributed by atoms with E-state index in [1.807, 2.05) is 31.2 Å². The zero-order valence-corrected chi connectivity index (χ0v) is 8.73. The Morgan fingerprint density at radius 1 is 1.43 bits per heavy atom. The Morgan fingerprint density at radius 2 is 2.14 bits per heavy atom. The third-order valence-electron chi connectivity index (χ3n) is 2.28. The lowest BCUT2D eigenvalue weighted by molar-refractivity contribution is 0.102. The zero-order valence-electron chi connectivity index (χ0n) is 7.91. The summed E-state index contributed by atoms with van der Waals surface area (Å²) in [4.78, 5) is 12.3. The van der Waals surface area contributed by atoms with Crippen molar-refractivity contribution in [2.45, 2.75) is 13.2 Å². The van der Waals surface area contributed by atoms with Crippen LogP contribution in [-0.4, -0.2) is 13.6 Å². The van der Waals surface area contributed by atoms with Gasteiger partial charge in [0.2, 0.25) is 0 Å². The highest BCUT2D eigenvalue weighted by molar-refractivity contribution is 7.21. The molecule has 0 bridgehead atoms. The number of benzene rings is 1. The summed E-state index contributed by atoms with van der Waals surface area (Å²) in [5.41, 5.74) is 1.06. The molecule has 0 atom stereocenters. The van der Waals surface area contributed by atoms with Crippen molar-refractivity contribution in [1.29, 1.82) is 0 Å². The van der Waals surface area contributed by atoms with Gasteiger partial charge in [-0.2, -0.15) is 0 Å². The molecule has 0 fully saturated rings. The first-order valence-electron chi connectivity index (χ1n) is 4.45. The molecule has 1 nitrogen and oxygen atoms in total. The predicted molar refractivity (Wildman–Crippen MR) is 61.5 cm³/mol. The van der Waals surface area contributed by atoms with Crippen LogP contribution in [0.15, 0.2) is 24.3 Å². The second kappa shape index (κ2) is 3.58. The molecule has 0 aliphatic carbocycles. The molecule has 3 heteroatoms. The van der Waals surface area contributed by atoms with Gasteiger partial charge in [0.15, 0.2) is 5.78 Å². The third kappa shape index (κ3) is 1.38. The SMILES string of the molecule is [B]CC(=O)c1sc2ccccc2c1C. The molecule has 68 valence electrons. The van der Waals surface area contributed by atoms with Gasteiger partial charge in [0, 0.05) is 4.70 Å². The van der Waals surface area contributed by atoms with Crippen LogP contribution in [0.5, 0.6) is 0 Å². The van der Waals surface area contributed by atoms with E-state index in [1.54, 1.807) is 0 Å². The van der Waals surface area contributed by atoms with Gasteiger partial charge in [-0.15, -0.1) is 11.3 Å². The van der Waals surface area contributed by atoms with Crippen molar-refractivity contribution in [3.05, 3.63) is 34.7 Å². The molecule has 0 aliphatic rings. The summed E-state index contributed by atoms with van der Waals surface area (Å²) in [6, 6.07) is 8.03. The van der Waals surface area contributed by atoms with Gasteiger partial charge in [0.25, 0.3) is 0 Å². The normalized spacial score (nSPS) is 10.6. The Labute approximate surface area is 88.2 Å². The minimum absolute atomic E-state index is 0.0312. The van der Waals surface area contributed by atoms with E-state index in [9.17, 15) is 4.79 Å². The fraction of sp³-hybridized carbons (Fsp3) is 0.182. The monoisotopic (exact) mass is 200 g/mol. The van der Waals surface area contributed by atoms with E-state index in [2.05, 4.69) is 0 Å². The Balaban J connectivity index is 2.68. The number of Topliss-reactive ketones (excluding diaryl/α,β-unsaturated/α-hetero) is 1. The molecule has 1 aromatic heterocycles. The van der Waals surface area contributed by atoms with Crippen LogP contribution in [0.2, 0.25) is 6.32 Å². The number of fused-ring (bicyclic) bond motifs is 1. The molecule has 0 amide bonds. The molecule has 2 rings (SSSR count). The first kappa shape index (κ1) is 9.47. The van der Waals surface area contributed by atoms with Gasteiger partial charge in [-0.25, -0.2) is 0 Å². The van der Waals surface area contributed by atoms with Crippen LogP contribution in [0, 0.1) is 6.92 Å². The van der Waals surface area contributed by atoms with Gasteiger partial charge in [0.05, 0.1) is 12.7 Å². The molecular formula is C11H9BOS.